The molecule has 0 bridgehead atoms. The van der Waals surface area contributed by atoms with Gasteiger partial charge < -0.3 is 10.6 Å². The summed E-state index contributed by atoms with van der Waals surface area (Å²) >= 11 is 0. The largest absolute Gasteiger partial charge is 0.362 e. The van der Waals surface area contributed by atoms with E-state index in [1.807, 2.05) is 36.5 Å². The molecule has 2 aromatic carbocycles. The zero-order valence-corrected chi connectivity index (χ0v) is 15.1. The van der Waals surface area contributed by atoms with Crippen molar-refractivity contribution in [2.75, 3.05) is 18.4 Å². The minimum absolute atomic E-state index is 0.0276. The van der Waals surface area contributed by atoms with Crippen molar-refractivity contribution in [1.82, 2.24) is 15.2 Å². The van der Waals surface area contributed by atoms with E-state index in [0.29, 0.717) is 0 Å². The van der Waals surface area contributed by atoms with Crippen LogP contribution in [0.25, 0.3) is 10.9 Å². The molecular formula is C22H22N4O. The van der Waals surface area contributed by atoms with Gasteiger partial charge in [0, 0.05) is 49.7 Å². The lowest BCUT2D eigenvalue weighted by Gasteiger charge is -2.46. The minimum Gasteiger partial charge on any atom is -0.362 e. The highest BCUT2D eigenvalue weighted by Crippen LogP contribution is 2.31. The van der Waals surface area contributed by atoms with Crippen molar-refractivity contribution >= 4 is 22.5 Å². The predicted octanol–water partition coefficient (Wildman–Crippen LogP) is 3.38. The molecule has 0 radical (unpaired) electrons. The highest BCUT2D eigenvalue weighted by Gasteiger charge is 2.39. The topological polar surface area (TPSA) is 57.3 Å². The number of fused-ring (bicyclic) bond motifs is 2. The van der Waals surface area contributed by atoms with Crippen molar-refractivity contribution in [3.8, 4) is 0 Å². The van der Waals surface area contributed by atoms with Gasteiger partial charge in [-0.3, -0.25) is 14.7 Å². The number of carbonyl (C=O) groups excluding carboxylic acids is 1. The summed E-state index contributed by atoms with van der Waals surface area (Å²) in [6.45, 7) is 2.81. The highest BCUT2D eigenvalue weighted by molar-refractivity contribution is 6.02. The van der Waals surface area contributed by atoms with Crippen molar-refractivity contribution in [3.05, 3.63) is 71.9 Å². The fourth-order valence-electron chi connectivity index (χ4n) is 4.19. The standard InChI is InChI=1S/C22H22N4O/c27-21-18-5-1-2-6-20(18)24-22(25-21)9-12-26(13-10-22)15-16-7-8-19-17(14-16)4-3-11-23-19/h1-8,11,14,24H,9-10,12-13,15H2,(H,25,27). The van der Waals surface area contributed by atoms with Gasteiger partial charge in [0.1, 0.15) is 5.66 Å². The summed E-state index contributed by atoms with van der Waals surface area (Å²) in [5.41, 5.74) is 3.69. The zero-order valence-electron chi connectivity index (χ0n) is 15.1. The first-order chi connectivity index (χ1) is 13.2. The molecule has 1 amide bonds. The van der Waals surface area contributed by atoms with Crippen molar-refractivity contribution in [2.45, 2.75) is 25.0 Å². The summed E-state index contributed by atoms with van der Waals surface area (Å²) < 4.78 is 0. The first kappa shape index (κ1) is 16.3. The second kappa shape index (κ2) is 6.35. The van der Waals surface area contributed by atoms with Crippen LogP contribution in [0.5, 0.6) is 0 Å². The number of aromatic nitrogens is 1. The molecule has 0 unspecified atom stereocenters. The Morgan fingerprint density at radius 3 is 2.74 bits per heavy atom. The summed E-state index contributed by atoms with van der Waals surface area (Å²) in [6, 6.07) is 18.3. The monoisotopic (exact) mass is 358 g/mol. The Morgan fingerprint density at radius 1 is 1.00 bits per heavy atom. The van der Waals surface area contributed by atoms with Crippen LogP contribution >= 0.6 is 0 Å². The number of hydrogen-bond donors (Lipinski definition) is 2. The van der Waals surface area contributed by atoms with Crippen molar-refractivity contribution in [1.29, 1.82) is 0 Å². The van der Waals surface area contributed by atoms with Crippen LogP contribution in [0.4, 0.5) is 5.69 Å². The number of hydrogen-bond acceptors (Lipinski definition) is 4. The molecule has 0 atom stereocenters. The van der Waals surface area contributed by atoms with E-state index in [0.717, 1.165) is 49.2 Å². The van der Waals surface area contributed by atoms with E-state index in [1.165, 1.54) is 10.9 Å². The van der Waals surface area contributed by atoms with Crippen LogP contribution in [0.3, 0.4) is 0 Å². The van der Waals surface area contributed by atoms with E-state index in [9.17, 15) is 4.79 Å². The number of anilines is 1. The van der Waals surface area contributed by atoms with Crippen LogP contribution in [0.2, 0.25) is 0 Å². The molecule has 2 N–H and O–H groups in total. The van der Waals surface area contributed by atoms with E-state index in [4.69, 9.17) is 0 Å². The highest BCUT2D eigenvalue weighted by atomic mass is 16.2. The van der Waals surface area contributed by atoms with Crippen molar-refractivity contribution in [3.63, 3.8) is 0 Å². The third-order valence-electron chi connectivity index (χ3n) is 5.68. The maximum absolute atomic E-state index is 12.5. The van der Waals surface area contributed by atoms with Crippen LogP contribution in [0, 0.1) is 0 Å². The first-order valence-corrected chi connectivity index (χ1v) is 9.47. The number of rotatable bonds is 2. The Bertz CT molecular complexity index is 1010. The molecule has 2 aliphatic heterocycles. The molecule has 0 aliphatic carbocycles. The zero-order chi connectivity index (χ0) is 18.3. The number of benzene rings is 2. The van der Waals surface area contributed by atoms with Crippen molar-refractivity contribution < 1.29 is 4.79 Å². The molecule has 2 aliphatic rings. The number of nitrogens with zero attached hydrogens (tertiary/aromatic N) is 2. The molecule has 1 fully saturated rings. The van der Waals surface area contributed by atoms with Gasteiger partial charge in [0.2, 0.25) is 0 Å². The van der Waals surface area contributed by atoms with E-state index < -0.39 is 0 Å². The van der Waals surface area contributed by atoms with Crippen LogP contribution in [-0.4, -0.2) is 34.5 Å². The van der Waals surface area contributed by atoms with E-state index in [1.54, 1.807) is 0 Å². The molecule has 3 heterocycles. The fraction of sp³-hybridized carbons (Fsp3) is 0.273. The molecule has 5 heteroatoms. The average Bonchev–Trinajstić information content (AvgIpc) is 2.70. The summed E-state index contributed by atoms with van der Waals surface area (Å²) in [5, 5.41) is 7.98. The summed E-state index contributed by atoms with van der Waals surface area (Å²) in [6.07, 6.45) is 3.61. The van der Waals surface area contributed by atoms with E-state index >= 15 is 0 Å². The first-order valence-electron chi connectivity index (χ1n) is 9.47. The third kappa shape index (κ3) is 3.04. The van der Waals surface area contributed by atoms with Gasteiger partial charge in [0.05, 0.1) is 11.1 Å². The third-order valence-corrected chi connectivity index (χ3v) is 5.68. The van der Waals surface area contributed by atoms with Gasteiger partial charge in [-0.25, -0.2) is 0 Å². The molecule has 1 aromatic heterocycles. The van der Waals surface area contributed by atoms with Crippen LogP contribution in [0.1, 0.15) is 28.8 Å². The number of nitrogens with one attached hydrogen (secondary N) is 2. The quantitative estimate of drug-likeness (QED) is 0.737. The molecule has 1 spiro atoms. The molecule has 0 saturated carbocycles. The molecule has 5 rings (SSSR count). The number of likely N-dealkylation sites (tertiary alicyclic amines) is 1. The number of amides is 1. The SMILES string of the molecule is O=C1NC2(CCN(Cc3ccc4ncccc4c3)CC2)Nc2ccccc21. The van der Waals surface area contributed by atoms with Gasteiger partial charge in [0.25, 0.3) is 5.91 Å². The van der Waals surface area contributed by atoms with E-state index in [-0.39, 0.29) is 11.6 Å². The average molecular weight is 358 g/mol. The van der Waals surface area contributed by atoms with Gasteiger partial charge in [-0.2, -0.15) is 0 Å². The Morgan fingerprint density at radius 2 is 1.85 bits per heavy atom. The predicted molar refractivity (Wildman–Crippen MR) is 107 cm³/mol. The number of pyridine rings is 1. The molecule has 1 saturated heterocycles. The maximum Gasteiger partial charge on any atom is 0.255 e. The minimum atomic E-state index is -0.324. The number of piperidine rings is 1. The lowest BCUT2D eigenvalue weighted by molar-refractivity contribution is 0.0822. The summed E-state index contributed by atoms with van der Waals surface area (Å²) in [7, 11) is 0. The van der Waals surface area contributed by atoms with Gasteiger partial charge >= 0.3 is 0 Å². The Balaban J connectivity index is 1.28. The molecule has 5 nitrogen and oxygen atoms in total. The smallest absolute Gasteiger partial charge is 0.255 e. The lowest BCUT2D eigenvalue weighted by atomic mass is 9.92. The van der Waals surface area contributed by atoms with Crippen molar-refractivity contribution in [2.24, 2.45) is 0 Å². The fourth-order valence-corrected chi connectivity index (χ4v) is 4.19. The Labute approximate surface area is 158 Å². The summed E-state index contributed by atoms with van der Waals surface area (Å²) in [4.78, 5) is 19.3. The second-order valence-electron chi connectivity index (χ2n) is 7.51. The van der Waals surface area contributed by atoms with Gasteiger partial charge in [-0.15, -0.1) is 0 Å². The maximum atomic E-state index is 12.5. The van der Waals surface area contributed by atoms with Crippen LogP contribution in [-0.2, 0) is 6.54 Å². The van der Waals surface area contributed by atoms with Crippen LogP contribution < -0.4 is 10.6 Å². The van der Waals surface area contributed by atoms with Gasteiger partial charge in [0.15, 0.2) is 0 Å². The Kier molecular flexibility index (Phi) is 3.83. The molecular weight excluding hydrogens is 336 g/mol. The van der Waals surface area contributed by atoms with Gasteiger partial charge in [-0.1, -0.05) is 24.3 Å². The number of carbonyl (C=O) groups is 1. The molecule has 27 heavy (non-hydrogen) atoms. The van der Waals surface area contributed by atoms with E-state index in [2.05, 4.69) is 44.8 Å². The lowest BCUT2D eigenvalue weighted by Crippen LogP contribution is -2.62. The molecule has 3 aromatic rings. The Hall–Kier alpha value is -2.92. The van der Waals surface area contributed by atoms with Gasteiger partial charge in [-0.05, 0) is 35.9 Å². The number of para-hydroxylation sites is 1. The summed E-state index contributed by atoms with van der Waals surface area (Å²) in [5.74, 6) is 0.0276. The normalized spacial score (nSPS) is 18.7. The molecule has 136 valence electrons. The second-order valence-corrected chi connectivity index (χ2v) is 7.51. The van der Waals surface area contributed by atoms with Crippen LogP contribution in [0.15, 0.2) is 60.8 Å².